The number of rotatable bonds is 7. The molecule has 0 aliphatic heterocycles. The first-order valence-corrected chi connectivity index (χ1v) is 11.9. The van der Waals surface area contributed by atoms with Crippen LogP contribution in [0.5, 0.6) is 5.75 Å². The van der Waals surface area contributed by atoms with Gasteiger partial charge in [0.1, 0.15) is 5.75 Å². The van der Waals surface area contributed by atoms with E-state index in [1.807, 2.05) is 72.8 Å². The molecule has 0 spiro atoms. The number of amides is 1. The summed E-state index contributed by atoms with van der Waals surface area (Å²) >= 11 is 8.23. The summed E-state index contributed by atoms with van der Waals surface area (Å²) in [5, 5.41) is 10.3. The largest absolute Gasteiger partial charge is 0.497 e. The van der Waals surface area contributed by atoms with E-state index in [2.05, 4.69) is 20.9 Å². The lowest BCUT2D eigenvalue weighted by Gasteiger charge is -2.11. The van der Waals surface area contributed by atoms with Gasteiger partial charge < -0.3 is 20.7 Å². The van der Waals surface area contributed by atoms with Crippen LogP contribution in [0.2, 0.25) is 0 Å². The number of carbonyl (C=O) groups excluding carboxylic acids is 1. The van der Waals surface area contributed by atoms with E-state index in [0.29, 0.717) is 16.0 Å². The van der Waals surface area contributed by atoms with Gasteiger partial charge in [-0.3, -0.25) is 4.79 Å². The van der Waals surface area contributed by atoms with Gasteiger partial charge in [-0.1, -0.05) is 29.5 Å². The topological polar surface area (TPSA) is 75.3 Å². The number of ether oxygens (including phenoxy) is 1. The average molecular weight is 481 g/mol. The highest BCUT2D eigenvalue weighted by Gasteiger charge is 2.09. The minimum absolute atomic E-state index is 0.100. The van der Waals surface area contributed by atoms with Crippen molar-refractivity contribution in [1.82, 2.24) is 4.98 Å². The van der Waals surface area contributed by atoms with E-state index >= 15 is 0 Å². The van der Waals surface area contributed by atoms with E-state index in [9.17, 15) is 4.79 Å². The number of thioether (sulfide) groups is 1. The van der Waals surface area contributed by atoms with Gasteiger partial charge in [-0.05, 0) is 66.8 Å². The van der Waals surface area contributed by atoms with Gasteiger partial charge in [0.05, 0.1) is 23.1 Å². The second kappa shape index (κ2) is 10.4. The number of thiocarbonyl (C=S) groups is 1. The Morgan fingerprint density at radius 2 is 1.72 bits per heavy atom. The van der Waals surface area contributed by atoms with Crippen LogP contribution >= 0.6 is 35.3 Å². The van der Waals surface area contributed by atoms with Gasteiger partial charge in [0.2, 0.25) is 5.91 Å². The van der Waals surface area contributed by atoms with E-state index in [0.717, 1.165) is 32.2 Å². The predicted molar refractivity (Wildman–Crippen MR) is 138 cm³/mol. The zero-order valence-electron chi connectivity index (χ0n) is 17.1. The molecule has 0 unspecified atom stereocenters. The molecule has 0 saturated heterocycles. The zero-order chi connectivity index (χ0) is 22.3. The number of carbonyl (C=O) groups is 1. The maximum Gasteiger partial charge on any atom is 0.236 e. The number of hydrogen-bond acceptors (Lipinski definition) is 6. The van der Waals surface area contributed by atoms with Gasteiger partial charge in [0.25, 0.3) is 0 Å². The number of thiazole rings is 1. The lowest BCUT2D eigenvalue weighted by atomic mass is 10.3. The average Bonchev–Trinajstić information content (AvgIpc) is 3.20. The third-order valence-electron chi connectivity index (χ3n) is 4.36. The van der Waals surface area contributed by atoms with Crippen molar-refractivity contribution in [3.8, 4) is 5.75 Å². The van der Waals surface area contributed by atoms with Crippen LogP contribution in [0, 0.1) is 0 Å². The molecule has 162 valence electrons. The number of methoxy groups -OCH3 is 1. The van der Waals surface area contributed by atoms with Crippen LogP contribution in [0.25, 0.3) is 10.2 Å². The number of nitrogens with one attached hydrogen (secondary N) is 3. The van der Waals surface area contributed by atoms with Crippen molar-refractivity contribution in [3.05, 3.63) is 72.8 Å². The Morgan fingerprint density at radius 3 is 2.44 bits per heavy atom. The highest BCUT2D eigenvalue weighted by molar-refractivity contribution is 8.00. The predicted octanol–water partition coefficient (Wildman–Crippen LogP) is 5.84. The Morgan fingerprint density at radius 1 is 1.00 bits per heavy atom. The first-order chi connectivity index (χ1) is 15.6. The maximum atomic E-state index is 12.3. The SMILES string of the molecule is COc1ccc2nc(NC(=O)CSc3ccc(NC(=S)Nc4ccccc4)cc3)sc2c1. The fourth-order valence-electron chi connectivity index (χ4n) is 2.84. The number of fused-ring (bicyclic) bond motifs is 1. The van der Waals surface area contributed by atoms with Crippen LogP contribution in [0.15, 0.2) is 77.7 Å². The number of aromatic nitrogens is 1. The molecule has 3 aromatic carbocycles. The lowest BCUT2D eigenvalue weighted by Crippen LogP contribution is -2.18. The molecule has 1 aromatic heterocycles. The summed E-state index contributed by atoms with van der Waals surface area (Å²) in [4.78, 5) is 17.8. The Labute approximate surface area is 199 Å². The molecule has 4 aromatic rings. The standard InChI is InChI=1S/C23H20N4O2S3/c1-29-17-9-12-19-20(13-17)32-23(26-19)27-21(28)14-31-18-10-7-16(8-11-18)25-22(30)24-15-5-3-2-4-6-15/h2-13H,14H2,1H3,(H2,24,25,30)(H,26,27,28). The van der Waals surface area contributed by atoms with Crippen molar-refractivity contribution < 1.29 is 9.53 Å². The summed E-state index contributed by atoms with van der Waals surface area (Å²) in [6, 6.07) is 23.2. The Kier molecular flexibility index (Phi) is 7.21. The second-order valence-electron chi connectivity index (χ2n) is 6.66. The van der Waals surface area contributed by atoms with Gasteiger partial charge in [0, 0.05) is 16.3 Å². The molecule has 1 amide bonds. The molecule has 6 nitrogen and oxygen atoms in total. The van der Waals surface area contributed by atoms with Gasteiger partial charge in [-0.2, -0.15) is 0 Å². The molecule has 0 saturated carbocycles. The minimum Gasteiger partial charge on any atom is -0.497 e. The van der Waals surface area contributed by atoms with Gasteiger partial charge in [0.15, 0.2) is 10.2 Å². The summed E-state index contributed by atoms with van der Waals surface area (Å²) in [6.45, 7) is 0. The third kappa shape index (κ3) is 5.97. The second-order valence-corrected chi connectivity index (χ2v) is 9.15. The monoisotopic (exact) mass is 480 g/mol. The number of benzene rings is 3. The summed E-state index contributed by atoms with van der Waals surface area (Å²) in [5.74, 6) is 0.959. The van der Waals surface area contributed by atoms with Crippen molar-refractivity contribution >= 4 is 73.1 Å². The fraction of sp³-hybridized carbons (Fsp3) is 0.0870. The quantitative estimate of drug-likeness (QED) is 0.226. The molecular weight excluding hydrogens is 460 g/mol. The Hall–Kier alpha value is -3.14. The summed E-state index contributed by atoms with van der Waals surface area (Å²) < 4.78 is 6.20. The number of hydrogen-bond donors (Lipinski definition) is 3. The molecule has 4 rings (SSSR count). The Bertz CT molecular complexity index is 1230. The first kappa shape index (κ1) is 22.1. The number of anilines is 3. The summed E-state index contributed by atoms with van der Waals surface area (Å²) in [7, 11) is 1.63. The molecule has 32 heavy (non-hydrogen) atoms. The normalized spacial score (nSPS) is 10.5. The summed E-state index contributed by atoms with van der Waals surface area (Å²) in [6.07, 6.45) is 0. The molecule has 9 heteroatoms. The summed E-state index contributed by atoms with van der Waals surface area (Å²) in [5.41, 5.74) is 2.63. The van der Waals surface area contributed by atoms with E-state index < -0.39 is 0 Å². The van der Waals surface area contributed by atoms with E-state index in [4.69, 9.17) is 17.0 Å². The Balaban J connectivity index is 1.26. The molecule has 0 radical (unpaired) electrons. The van der Waals surface area contributed by atoms with Crippen molar-refractivity contribution in [2.24, 2.45) is 0 Å². The van der Waals surface area contributed by atoms with E-state index in [1.165, 1.54) is 23.1 Å². The van der Waals surface area contributed by atoms with E-state index in [-0.39, 0.29) is 5.91 Å². The fourth-order valence-corrected chi connectivity index (χ4v) is 4.68. The van der Waals surface area contributed by atoms with Crippen molar-refractivity contribution in [3.63, 3.8) is 0 Å². The van der Waals surface area contributed by atoms with Crippen LogP contribution in [-0.4, -0.2) is 28.9 Å². The third-order valence-corrected chi connectivity index (χ3v) is 6.51. The zero-order valence-corrected chi connectivity index (χ0v) is 19.6. The molecule has 1 heterocycles. The molecule has 0 aliphatic carbocycles. The van der Waals surface area contributed by atoms with Crippen LogP contribution in [-0.2, 0) is 4.79 Å². The first-order valence-electron chi connectivity index (χ1n) is 9.69. The van der Waals surface area contributed by atoms with Crippen LogP contribution in [0.3, 0.4) is 0 Å². The van der Waals surface area contributed by atoms with Gasteiger partial charge in [-0.15, -0.1) is 11.8 Å². The number of nitrogens with zero attached hydrogens (tertiary/aromatic N) is 1. The van der Waals surface area contributed by atoms with Crippen LogP contribution < -0.4 is 20.7 Å². The lowest BCUT2D eigenvalue weighted by molar-refractivity contribution is -0.113. The van der Waals surface area contributed by atoms with Crippen LogP contribution in [0.4, 0.5) is 16.5 Å². The van der Waals surface area contributed by atoms with Crippen molar-refractivity contribution in [2.75, 3.05) is 28.8 Å². The highest BCUT2D eigenvalue weighted by atomic mass is 32.2. The van der Waals surface area contributed by atoms with Crippen LogP contribution in [0.1, 0.15) is 0 Å². The molecule has 0 bridgehead atoms. The molecule has 3 N–H and O–H groups in total. The molecule has 0 atom stereocenters. The minimum atomic E-state index is -0.100. The number of para-hydroxylation sites is 1. The van der Waals surface area contributed by atoms with Gasteiger partial charge >= 0.3 is 0 Å². The molecular formula is C23H20N4O2S3. The van der Waals surface area contributed by atoms with Gasteiger partial charge in [-0.25, -0.2) is 4.98 Å². The van der Waals surface area contributed by atoms with E-state index in [1.54, 1.807) is 7.11 Å². The molecule has 0 aliphatic rings. The molecule has 0 fully saturated rings. The van der Waals surface area contributed by atoms with Crippen molar-refractivity contribution in [1.29, 1.82) is 0 Å². The maximum absolute atomic E-state index is 12.3. The smallest absolute Gasteiger partial charge is 0.236 e. The van der Waals surface area contributed by atoms with Crippen molar-refractivity contribution in [2.45, 2.75) is 4.90 Å². The highest BCUT2D eigenvalue weighted by Crippen LogP contribution is 2.29.